The maximum atomic E-state index is 10.4. The Balaban J connectivity index is 1.95. The second-order valence-corrected chi connectivity index (χ2v) is 7.33. The lowest BCUT2D eigenvalue weighted by molar-refractivity contribution is -0.128. The second-order valence-electron chi connectivity index (χ2n) is 5.43. The van der Waals surface area contributed by atoms with Gasteiger partial charge in [0.1, 0.15) is 6.61 Å². The Morgan fingerprint density at radius 3 is 2.71 bits per heavy atom. The Morgan fingerprint density at radius 1 is 1.17 bits per heavy atom. The van der Waals surface area contributed by atoms with Gasteiger partial charge in [-0.05, 0) is 44.8 Å². The molecular formula is C19H15Br2NO2. The zero-order valence-electron chi connectivity index (χ0n) is 12.8. The molecule has 0 saturated carbocycles. The highest BCUT2D eigenvalue weighted by Gasteiger charge is 2.12. The molecule has 122 valence electrons. The fourth-order valence-corrected chi connectivity index (χ4v) is 3.57. The van der Waals surface area contributed by atoms with Crippen molar-refractivity contribution >= 4 is 49.2 Å². The zero-order valence-corrected chi connectivity index (χ0v) is 16.0. The van der Waals surface area contributed by atoms with E-state index >= 15 is 0 Å². The lowest BCUT2D eigenvalue weighted by atomic mass is 10.0. The van der Waals surface area contributed by atoms with Crippen molar-refractivity contribution in [3.8, 4) is 0 Å². The summed E-state index contributed by atoms with van der Waals surface area (Å²) >= 11 is 7.28. The Kier molecular flexibility index (Phi) is 5.63. The van der Waals surface area contributed by atoms with Gasteiger partial charge in [-0.15, -0.1) is 0 Å². The molecule has 0 aliphatic carbocycles. The minimum absolute atomic E-state index is 0.0446. The number of alkyl halides is 1. The van der Waals surface area contributed by atoms with Crippen LogP contribution >= 0.6 is 31.9 Å². The van der Waals surface area contributed by atoms with Crippen LogP contribution < -0.4 is 0 Å². The van der Waals surface area contributed by atoms with Crippen molar-refractivity contribution in [3.05, 3.63) is 75.9 Å². The first-order valence-corrected chi connectivity index (χ1v) is 9.20. The summed E-state index contributed by atoms with van der Waals surface area (Å²) in [5.41, 5.74) is 4.36. The molecule has 2 aromatic carbocycles. The van der Waals surface area contributed by atoms with Crippen molar-refractivity contribution < 1.29 is 9.53 Å². The Hall–Kier alpha value is -1.72. The zero-order chi connectivity index (χ0) is 16.9. The number of carbonyl (C=O) groups is 1. The molecule has 1 aromatic heterocycles. The SMILES string of the molecule is O=COCC(Br)c1ccc2ncc(Cc3ccccc3)c(Br)c2c1. The number of halogens is 2. The van der Waals surface area contributed by atoms with Gasteiger partial charge in [-0.2, -0.15) is 0 Å². The average molecular weight is 449 g/mol. The third kappa shape index (κ3) is 3.84. The van der Waals surface area contributed by atoms with Crippen LogP contribution in [0.25, 0.3) is 10.9 Å². The highest BCUT2D eigenvalue weighted by Crippen LogP contribution is 2.32. The standard InChI is InChI=1S/C19H15Br2NO2/c20-17(11-24-12-23)14-6-7-18-16(9-14)19(21)15(10-22-18)8-13-4-2-1-3-5-13/h1-7,9-10,12,17H,8,11H2. The average Bonchev–Trinajstić information content (AvgIpc) is 2.63. The van der Waals surface area contributed by atoms with Crippen molar-refractivity contribution in [1.82, 2.24) is 4.98 Å². The number of fused-ring (bicyclic) bond motifs is 1. The van der Waals surface area contributed by atoms with Crippen LogP contribution in [-0.4, -0.2) is 18.1 Å². The summed E-state index contributed by atoms with van der Waals surface area (Å²) in [4.78, 5) is 14.9. The molecule has 0 radical (unpaired) electrons. The van der Waals surface area contributed by atoms with Crippen LogP contribution in [0, 0.1) is 0 Å². The second kappa shape index (κ2) is 7.90. The predicted octanol–water partition coefficient (Wildman–Crippen LogP) is 5.20. The van der Waals surface area contributed by atoms with Crippen LogP contribution in [0.4, 0.5) is 0 Å². The fourth-order valence-electron chi connectivity index (χ4n) is 2.57. The smallest absolute Gasteiger partial charge is 0.293 e. The van der Waals surface area contributed by atoms with Crippen molar-refractivity contribution in [2.75, 3.05) is 6.61 Å². The lowest BCUT2D eigenvalue weighted by Crippen LogP contribution is -2.01. The summed E-state index contributed by atoms with van der Waals surface area (Å²) in [6, 6.07) is 16.4. The van der Waals surface area contributed by atoms with Crippen LogP contribution in [0.3, 0.4) is 0 Å². The highest BCUT2D eigenvalue weighted by molar-refractivity contribution is 9.10. The number of benzene rings is 2. The molecule has 0 spiro atoms. The third-order valence-electron chi connectivity index (χ3n) is 3.81. The van der Waals surface area contributed by atoms with Gasteiger partial charge < -0.3 is 4.74 Å². The van der Waals surface area contributed by atoms with E-state index in [9.17, 15) is 4.79 Å². The van der Waals surface area contributed by atoms with E-state index in [0.29, 0.717) is 13.1 Å². The monoisotopic (exact) mass is 447 g/mol. The molecule has 1 atom stereocenters. The van der Waals surface area contributed by atoms with E-state index in [1.807, 2.05) is 36.5 Å². The topological polar surface area (TPSA) is 39.2 Å². The van der Waals surface area contributed by atoms with Crippen LogP contribution in [0.2, 0.25) is 0 Å². The van der Waals surface area contributed by atoms with E-state index in [4.69, 9.17) is 4.74 Å². The van der Waals surface area contributed by atoms with Crippen molar-refractivity contribution in [1.29, 1.82) is 0 Å². The highest BCUT2D eigenvalue weighted by atomic mass is 79.9. The van der Waals surface area contributed by atoms with Gasteiger partial charge >= 0.3 is 0 Å². The van der Waals surface area contributed by atoms with Crippen LogP contribution in [-0.2, 0) is 16.0 Å². The molecule has 1 unspecified atom stereocenters. The number of nitrogens with zero attached hydrogens (tertiary/aromatic N) is 1. The normalized spacial score (nSPS) is 12.1. The molecular weight excluding hydrogens is 434 g/mol. The van der Waals surface area contributed by atoms with Gasteiger partial charge in [-0.3, -0.25) is 9.78 Å². The Morgan fingerprint density at radius 2 is 1.96 bits per heavy atom. The van der Waals surface area contributed by atoms with E-state index in [0.717, 1.165) is 32.9 Å². The Bertz CT molecular complexity index is 853. The van der Waals surface area contributed by atoms with Crippen LogP contribution in [0.1, 0.15) is 21.5 Å². The first-order chi connectivity index (χ1) is 11.7. The molecule has 24 heavy (non-hydrogen) atoms. The van der Waals surface area contributed by atoms with Gasteiger partial charge in [0.15, 0.2) is 0 Å². The molecule has 0 amide bonds. The molecule has 3 rings (SSSR count). The molecule has 3 aromatic rings. The largest absolute Gasteiger partial charge is 0.466 e. The summed E-state index contributed by atoms with van der Waals surface area (Å²) in [5, 5.41) is 1.05. The predicted molar refractivity (Wildman–Crippen MR) is 102 cm³/mol. The maximum Gasteiger partial charge on any atom is 0.293 e. The molecule has 0 aliphatic heterocycles. The summed E-state index contributed by atoms with van der Waals surface area (Å²) in [6.45, 7) is 0.758. The lowest BCUT2D eigenvalue weighted by Gasteiger charge is -2.12. The summed E-state index contributed by atoms with van der Waals surface area (Å²) < 4.78 is 5.89. The number of ether oxygens (including phenoxy) is 1. The first-order valence-electron chi connectivity index (χ1n) is 7.49. The number of rotatable bonds is 6. The molecule has 0 bridgehead atoms. The fraction of sp³-hybridized carbons (Fsp3) is 0.158. The van der Waals surface area contributed by atoms with Crippen molar-refractivity contribution in [2.45, 2.75) is 11.2 Å². The summed E-state index contributed by atoms with van der Waals surface area (Å²) in [7, 11) is 0. The van der Waals surface area contributed by atoms with Crippen LogP contribution in [0.5, 0.6) is 0 Å². The Labute approximate surface area is 157 Å². The summed E-state index contributed by atoms with van der Waals surface area (Å²) in [5.74, 6) is 0. The maximum absolute atomic E-state index is 10.4. The number of carbonyl (C=O) groups excluding carboxylic acids is 1. The van der Waals surface area contributed by atoms with E-state index in [2.05, 4.69) is 55.0 Å². The van der Waals surface area contributed by atoms with Gasteiger partial charge in [0, 0.05) is 22.5 Å². The van der Waals surface area contributed by atoms with E-state index in [1.54, 1.807) is 0 Å². The number of pyridine rings is 1. The van der Waals surface area contributed by atoms with Gasteiger partial charge in [0.2, 0.25) is 0 Å². The van der Waals surface area contributed by atoms with Gasteiger partial charge in [-0.25, -0.2) is 0 Å². The molecule has 1 heterocycles. The molecule has 0 aliphatic rings. The number of hydrogen-bond donors (Lipinski definition) is 0. The molecule has 3 nitrogen and oxygen atoms in total. The van der Waals surface area contributed by atoms with Gasteiger partial charge in [0.25, 0.3) is 6.47 Å². The third-order valence-corrected chi connectivity index (χ3v) is 5.54. The minimum Gasteiger partial charge on any atom is -0.466 e. The van der Waals surface area contributed by atoms with Crippen LogP contribution in [0.15, 0.2) is 59.2 Å². The molecule has 0 saturated heterocycles. The quantitative estimate of drug-likeness (QED) is 0.384. The van der Waals surface area contributed by atoms with Gasteiger partial charge in [-0.1, -0.05) is 52.3 Å². The number of hydrogen-bond acceptors (Lipinski definition) is 3. The molecule has 0 N–H and O–H groups in total. The van der Waals surface area contributed by atoms with E-state index in [-0.39, 0.29) is 4.83 Å². The van der Waals surface area contributed by atoms with Gasteiger partial charge in [0.05, 0.1) is 10.3 Å². The first kappa shape index (κ1) is 17.1. The van der Waals surface area contributed by atoms with Crippen molar-refractivity contribution in [2.24, 2.45) is 0 Å². The summed E-state index contributed by atoms with van der Waals surface area (Å²) in [6.07, 6.45) is 2.74. The van der Waals surface area contributed by atoms with Crippen molar-refractivity contribution in [3.63, 3.8) is 0 Å². The minimum atomic E-state index is -0.0446. The molecule has 5 heteroatoms. The van der Waals surface area contributed by atoms with E-state index < -0.39 is 0 Å². The number of aromatic nitrogens is 1. The molecule has 0 fully saturated rings. The van der Waals surface area contributed by atoms with E-state index in [1.165, 1.54) is 5.56 Å².